The van der Waals surface area contributed by atoms with Crippen LogP contribution < -0.4 is 0 Å². The molecular formula is C17H23N3O3. The predicted octanol–water partition coefficient (Wildman–Crippen LogP) is 2.37. The zero-order chi connectivity index (χ0) is 16.6. The van der Waals surface area contributed by atoms with Gasteiger partial charge in [-0.2, -0.15) is 0 Å². The predicted molar refractivity (Wildman–Crippen MR) is 87.0 cm³/mol. The van der Waals surface area contributed by atoms with Gasteiger partial charge >= 0.3 is 0 Å². The molecule has 0 saturated carbocycles. The third-order valence-corrected chi connectivity index (χ3v) is 4.20. The number of rotatable bonds is 2. The van der Waals surface area contributed by atoms with Gasteiger partial charge in [0, 0.05) is 11.6 Å². The standard InChI is InChI=1S/C17H23N3O3/c1-11-14-5-6-20(16(14)19-10-18-11)15-7-13(8-21)9-22-17(3,4)23-12(15)2/h5-7,10,12,15,21H,8-9H2,1-4H3/b13-7-/t12-,15-/m1/s1. The molecule has 0 radical (unpaired) electrons. The molecule has 0 amide bonds. The fraction of sp³-hybridized carbons (Fsp3) is 0.529. The van der Waals surface area contributed by atoms with Gasteiger partial charge in [0.15, 0.2) is 5.79 Å². The maximum absolute atomic E-state index is 9.61. The Morgan fingerprint density at radius 2 is 2.17 bits per heavy atom. The van der Waals surface area contributed by atoms with Gasteiger partial charge < -0.3 is 19.1 Å². The number of fused-ring (bicyclic) bond motifs is 1. The van der Waals surface area contributed by atoms with Crippen molar-refractivity contribution in [1.82, 2.24) is 14.5 Å². The summed E-state index contributed by atoms with van der Waals surface area (Å²) >= 11 is 0. The van der Waals surface area contributed by atoms with Crippen LogP contribution in [0.25, 0.3) is 11.0 Å². The van der Waals surface area contributed by atoms with Crippen molar-refractivity contribution < 1.29 is 14.6 Å². The van der Waals surface area contributed by atoms with E-state index in [1.807, 2.05) is 46.0 Å². The molecule has 3 heterocycles. The second kappa shape index (κ2) is 6.03. The van der Waals surface area contributed by atoms with Gasteiger partial charge in [-0.25, -0.2) is 9.97 Å². The summed E-state index contributed by atoms with van der Waals surface area (Å²) in [4.78, 5) is 8.67. The lowest BCUT2D eigenvalue weighted by molar-refractivity contribution is -0.237. The van der Waals surface area contributed by atoms with Gasteiger partial charge in [-0.15, -0.1) is 0 Å². The van der Waals surface area contributed by atoms with Crippen LogP contribution in [0.3, 0.4) is 0 Å². The lowest BCUT2D eigenvalue weighted by atomic mass is 10.1. The number of hydrogen-bond acceptors (Lipinski definition) is 5. The first-order valence-corrected chi connectivity index (χ1v) is 7.81. The minimum Gasteiger partial charge on any atom is -0.392 e. The summed E-state index contributed by atoms with van der Waals surface area (Å²) in [6.07, 6.45) is 5.44. The number of ether oxygens (including phenoxy) is 2. The average molecular weight is 317 g/mol. The molecule has 1 aliphatic heterocycles. The normalized spacial score (nSPS) is 27.3. The smallest absolute Gasteiger partial charge is 0.163 e. The Morgan fingerprint density at radius 1 is 1.39 bits per heavy atom. The Hall–Kier alpha value is -1.76. The maximum Gasteiger partial charge on any atom is 0.163 e. The van der Waals surface area contributed by atoms with Crippen LogP contribution in [0, 0.1) is 6.92 Å². The van der Waals surface area contributed by atoms with Crippen LogP contribution in [0.4, 0.5) is 0 Å². The quantitative estimate of drug-likeness (QED) is 0.861. The zero-order valence-corrected chi connectivity index (χ0v) is 14.0. The Kier molecular flexibility index (Phi) is 4.23. The molecule has 3 rings (SSSR count). The van der Waals surface area contributed by atoms with E-state index in [0.717, 1.165) is 22.3 Å². The van der Waals surface area contributed by atoms with Crippen LogP contribution in [0.15, 0.2) is 30.2 Å². The van der Waals surface area contributed by atoms with E-state index in [2.05, 4.69) is 14.5 Å². The summed E-state index contributed by atoms with van der Waals surface area (Å²) in [5, 5.41) is 10.6. The zero-order valence-electron chi connectivity index (χ0n) is 14.0. The molecule has 2 atom stereocenters. The Balaban J connectivity index is 2.09. The lowest BCUT2D eigenvalue weighted by Gasteiger charge is -2.35. The maximum atomic E-state index is 9.61. The summed E-state index contributed by atoms with van der Waals surface area (Å²) in [5.74, 6) is -0.708. The number of nitrogens with zero attached hydrogens (tertiary/aromatic N) is 3. The van der Waals surface area contributed by atoms with Gasteiger partial charge in [0.05, 0.1) is 31.1 Å². The highest BCUT2D eigenvalue weighted by Crippen LogP contribution is 2.30. The first kappa shape index (κ1) is 16.1. The van der Waals surface area contributed by atoms with E-state index in [0.29, 0.717) is 6.61 Å². The van der Waals surface area contributed by atoms with Gasteiger partial charge in [0.25, 0.3) is 0 Å². The van der Waals surface area contributed by atoms with Crippen molar-refractivity contribution in [2.45, 2.75) is 45.6 Å². The van der Waals surface area contributed by atoms with E-state index in [4.69, 9.17) is 9.47 Å². The third-order valence-electron chi connectivity index (χ3n) is 4.20. The summed E-state index contributed by atoms with van der Waals surface area (Å²) in [6, 6.07) is 1.94. The molecule has 0 saturated heterocycles. The molecule has 0 aromatic carbocycles. The molecular weight excluding hydrogens is 294 g/mol. The molecule has 0 aliphatic carbocycles. The Morgan fingerprint density at radius 3 is 2.91 bits per heavy atom. The van der Waals surface area contributed by atoms with E-state index >= 15 is 0 Å². The summed E-state index contributed by atoms with van der Waals surface area (Å²) < 4.78 is 13.9. The molecule has 1 aliphatic rings. The van der Waals surface area contributed by atoms with E-state index in [9.17, 15) is 5.11 Å². The second-order valence-corrected chi connectivity index (χ2v) is 6.40. The van der Waals surface area contributed by atoms with E-state index in [-0.39, 0.29) is 18.8 Å². The molecule has 1 N–H and O–H groups in total. The highest BCUT2D eigenvalue weighted by molar-refractivity contribution is 5.78. The van der Waals surface area contributed by atoms with Gasteiger partial charge in [0.2, 0.25) is 0 Å². The van der Waals surface area contributed by atoms with Gasteiger partial charge in [-0.3, -0.25) is 0 Å². The number of aromatic nitrogens is 3. The first-order valence-electron chi connectivity index (χ1n) is 7.81. The number of aryl methyl sites for hydroxylation is 1. The molecule has 2 aromatic heterocycles. The minimum atomic E-state index is -0.708. The van der Waals surface area contributed by atoms with Crippen molar-refractivity contribution in [2.75, 3.05) is 13.2 Å². The molecule has 0 fully saturated rings. The van der Waals surface area contributed by atoms with Crippen molar-refractivity contribution in [1.29, 1.82) is 0 Å². The monoisotopic (exact) mass is 317 g/mol. The van der Waals surface area contributed by atoms with Crippen molar-refractivity contribution in [3.05, 3.63) is 35.9 Å². The molecule has 0 spiro atoms. The van der Waals surface area contributed by atoms with Crippen LogP contribution in [0.2, 0.25) is 0 Å². The molecule has 124 valence electrons. The molecule has 23 heavy (non-hydrogen) atoms. The molecule has 0 bridgehead atoms. The van der Waals surface area contributed by atoms with Crippen LogP contribution >= 0.6 is 0 Å². The second-order valence-electron chi connectivity index (χ2n) is 6.40. The van der Waals surface area contributed by atoms with Gasteiger partial charge in [-0.1, -0.05) is 6.08 Å². The van der Waals surface area contributed by atoms with Crippen molar-refractivity contribution in [2.24, 2.45) is 0 Å². The first-order chi connectivity index (χ1) is 10.9. The highest BCUT2D eigenvalue weighted by atomic mass is 16.7. The van der Waals surface area contributed by atoms with Crippen molar-refractivity contribution in [3.8, 4) is 0 Å². The summed E-state index contributed by atoms with van der Waals surface area (Å²) in [6.45, 7) is 8.07. The minimum absolute atomic E-state index is 0.0352. The number of aliphatic hydroxyl groups excluding tert-OH is 1. The van der Waals surface area contributed by atoms with E-state index < -0.39 is 5.79 Å². The van der Waals surface area contributed by atoms with Crippen LogP contribution in [0.5, 0.6) is 0 Å². The fourth-order valence-electron chi connectivity index (χ4n) is 2.99. The SMILES string of the molecule is Cc1ncnc2c1ccn2[C@@H]1/C=C(/CO)COC(C)(C)O[C@@H]1C. The van der Waals surface area contributed by atoms with Gasteiger partial charge in [-0.05, 0) is 39.3 Å². The van der Waals surface area contributed by atoms with Crippen LogP contribution in [0.1, 0.15) is 32.5 Å². The van der Waals surface area contributed by atoms with E-state index in [1.54, 1.807) is 6.33 Å². The summed E-state index contributed by atoms with van der Waals surface area (Å²) in [5.41, 5.74) is 2.65. The van der Waals surface area contributed by atoms with E-state index in [1.165, 1.54) is 0 Å². The topological polar surface area (TPSA) is 69.4 Å². The largest absolute Gasteiger partial charge is 0.392 e. The number of hydrogen-bond donors (Lipinski definition) is 1. The Labute approximate surface area is 135 Å². The molecule has 6 heteroatoms. The van der Waals surface area contributed by atoms with Crippen LogP contribution in [-0.4, -0.2) is 44.7 Å². The summed E-state index contributed by atoms with van der Waals surface area (Å²) in [7, 11) is 0. The Bertz CT molecular complexity index is 736. The van der Waals surface area contributed by atoms with Crippen molar-refractivity contribution in [3.63, 3.8) is 0 Å². The molecule has 0 unspecified atom stereocenters. The van der Waals surface area contributed by atoms with Crippen molar-refractivity contribution >= 4 is 11.0 Å². The molecule has 2 aromatic rings. The molecule has 6 nitrogen and oxygen atoms in total. The third kappa shape index (κ3) is 3.15. The van der Waals surface area contributed by atoms with Gasteiger partial charge in [0.1, 0.15) is 12.0 Å². The lowest BCUT2D eigenvalue weighted by Crippen LogP contribution is -2.38. The average Bonchev–Trinajstić information content (AvgIpc) is 2.91. The highest BCUT2D eigenvalue weighted by Gasteiger charge is 2.30. The fourth-order valence-corrected chi connectivity index (χ4v) is 2.99. The number of aliphatic hydroxyl groups is 1. The van der Waals surface area contributed by atoms with Crippen LogP contribution in [-0.2, 0) is 9.47 Å².